The molecule has 146 valence electrons. The van der Waals surface area contributed by atoms with E-state index < -0.39 is 18.0 Å². The molecule has 1 saturated heterocycles. The molecule has 1 aliphatic rings. The van der Waals surface area contributed by atoms with Gasteiger partial charge in [0.2, 0.25) is 0 Å². The van der Waals surface area contributed by atoms with Crippen LogP contribution in [-0.2, 0) is 16.1 Å². The minimum absolute atomic E-state index is 0.351. The van der Waals surface area contributed by atoms with E-state index in [1.165, 1.54) is 4.90 Å². The molecule has 26 heavy (non-hydrogen) atoms. The van der Waals surface area contributed by atoms with Gasteiger partial charge in [0, 0.05) is 38.0 Å². The molecule has 1 atom stereocenters. The van der Waals surface area contributed by atoms with Crippen LogP contribution in [0.5, 0.6) is 0 Å². The van der Waals surface area contributed by atoms with Crippen LogP contribution in [-0.4, -0.2) is 77.8 Å². The minimum atomic E-state index is -1.02. The predicted molar refractivity (Wildman–Crippen MR) is 99.5 cm³/mol. The molecule has 0 bridgehead atoms. The Morgan fingerprint density at radius 3 is 2.69 bits per heavy atom. The molecule has 0 saturated carbocycles. The van der Waals surface area contributed by atoms with Gasteiger partial charge in [-0.1, -0.05) is 13.8 Å². The predicted octanol–water partition coefficient (Wildman–Crippen LogP) is 1.58. The van der Waals surface area contributed by atoms with E-state index >= 15 is 0 Å². The third kappa shape index (κ3) is 6.22. The van der Waals surface area contributed by atoms with Crippen molar-refractivity contribution < 1.29 is 19.4 Å². The molecular weight excluding hydrogens is 356 g/mol. The first-order valence-electron chi connectivity index (χ1n) is 8.85. The van der Waals surface area contributed by atoms with Crippen molar-refractivity contribution >= 4 is 23.3 Å². The molecule has 0 aromatic carbocycles. The van der Waals surface area contributed by atoms with Crippen molar-refractivity contribution in [3.8, 4) is 0 Å². The Hall–Kier alpha value is -1.71. The fourth-order valence-corrected chi connectivity index (χ4v) is 3.45. The number of nitrogens with zero attached hydrogens (tertiary/aromatic N) is 3. The summed E-state index contributed by atoms with van der Waals surface area (Å²) in [6.07, 6.45) is 0.364. The zero-order chi connectivity index (χ0) is 19.1. The normalized spacial score (nSPS) is 16.5. The molecule has 2 N–H and O–H groups in total. The van der Waals surface area contributed by atoms with E-state index in [4.69, 9.17) is 4.74 Å². The Morgan fingerprint density at radius 2 is 2.12 bits per heavy atom. The summed E-state index contributed by atoms with van der Waals surface area (Å²) in [5.74, 6) is -0.666. The topological polar surface area (TPSA) is 95.0 Å². The van der Waals surface area contributed by atoms with Crippen LogP contribution in [0, 0.1) is 0 Å². The van der Waals surface area contributed by atoms with Crippen LogP contribution in [0.3, 0.4) is 0 Å². The molecule has 1 aliphatic heterocycles. The first-order valence-corrected chi connectivity index (χ1v) is 9.73. The van der Waals surface area contributed by atoms with E-state index in [0.29, 0.717) is 38.6 Å². The maximum atomic E-state index is 12.3. The van der Waals surface area contributed by atoms with E-state index in [2.05, 4.69) is 29.0 Å². The molecule has 1 fully saturated rings. The van der Waals surface area contributed by atoms with Gasteiger partial charge in [-0.3, -0.25) is 4.90 Å². The fourth-order valence-electron chi connectivity index (χ4n) is 2.63. The van der Waals surface area contributed by atoms with E-state index in [1.54, 1.807) is 18.4 Å². The van der Waals surface area contributed by atoms with Crippen LogP contribution in [0.15, 0.2) is 5.38 Å². The number of carbonyl (C=O) groups is 2. The van der Waals surface area contributed by atoms with Crippen LogP contribution in [0.1, 0.15) is 36.9 Å². The van der Waals surface area contributed by atoms with Gasteiger partial charge in [-0.2, -0.15) is 0 Å². The zero-order valence-electron chi connectivity index (χ0n) is 15.6. The number of aliphatic carboxylic acids is 1. The van der Waals surface area contributed by atoms with Gasteiger partial charge < -0.3 is 20.1 Å². The number of urea groups is 1. The van der Waals surface area contributed by atoms with E-state index in [9.17, 15) is 14.7 Å². The first kappa shape index (κ1) is 20.6. The Labute approximate surface area is 158 Å². The minimum Gasteiger partial charge on any atom is -0.480 e. The number of hydrogen-bond acceptors (Lipinski definition) is 6. The highest BCUT2D eigenvalue weighted by molar-refractivity contribution is 7.09. The Bertz CT molecular complexity index is 601. The lowest BCUT2D eigenvalue weighted by atomic mass is 10.2. The molecule has 0 spiro atoms. The SMILES string of the molecule is CC(C)c1nc(CN(C)C(=O)NC(CCN2CCOCC2)C(=O)O)cs1. The molecule has 1 aromatic heterocycles. The van der Waals surface area contributed by atoms with Crippen LogP contribution >= 0.6 is 11.3 Å². The van der Waals surface area contributed by atoms with Crippen LogP contribution in [0.4, 0.5) is 4.79 Å². The van der Waals surface area contributed by atoms with Crippen molar-refractivity contribution in [3.05, 3.63) is 16.1 Å². The van der Waals surface area contributed by atoms with Gasteiger partial charge >= 0.3 is 12.0 Å². The maximum Gasteiger partial charge on any atom is 0.326 e. The van der Waals surface area contributed by atoms with Gasteiger partial charge in [0.1, 0.15) is 6.04 Å². The van der Waals surface area contributed by atoms with Gasteiger partial charge in [0.25, 0.3) is 0 Å². The molecule has 0 radical (unpaired) electrons. The number of nitrogens with one attached hydrogen (secondary N) is 1. The summed E-state index contributed by atoms with van der Waals surface area (Å²) in [6.45, 7) is 8.04. The molecule has 2 heterocycles. The average Bonchev–Trinajstić information content (AvgIpc) is 3.07. The number of aromatic nitrogens is 1. The summed E-state index contributed by atoms with van der Waals surface area (Å²) in [5.41, 5.74) is 0.816. The lowest BCUT2D eigenvalue weighted by Gasteiger charge is -2.28. The summed E-state index contributed by atoms with van der Waals surface area (Å²) in [7, 11) is 1.64. The number of amides is 2. The quantitative estimate of drug-likeness (QED) is 0.707. The second-order valence-corrected chi connectivity index (χ2v) is 7.66. The number of hydrogen-bond donors (Lipinski definition) is 2. The summed E-state index contributed by atoms with van der Waals surface area (Å²) < 4.78 is 5.28. The molecule has 1 aromatic rings. The number of carboxylic acids is 1. The standard InChI is InChI=1S/C17H28N4O4S/c1-12(2)15-18-13(11-26-15)10-20(3)17(24)19-14(16(22)23)4-5-21-6-8-25-9-7-21/h11-12,14H,4-10H2,1-3H3,(H,19,24)(H,22,23). The summed E-state index contributed by atoms with van der Waals surface area (Å²) >= 11 is 1.57. The summed E-state index contributed by atoms with van der Waals surface area (Å²) in [6, 6.07) is -1.31. The number of rotatable bonds is 8. The third-order valence-electron chi connectivity index (χ3n) is 4.24. The van der Waals surface area contributed by atoms with Crippen molar-refractivity contribution in [2.45, 2.75) is 38.8 Å². The Balaban J connectivity index is 1.83. The molecule has 2 amide bonds. The van der Waals surface area contributed by atoms with Crippen molar-refractivity contribution in [2.75, 3.05) is 39.9 Å². The van der Waals surface area contributed by atoms with Crippen molar-refractivity contribution in [2.24, 2.45) is 0 Å². The number of ether oxygens (including phenoxy) is 1. The van der Waals surface area contributed by atoms with Gasteiger partial charge in [-0.15, -0.1) is 11.3 Å². The van der Waals surface area contributed by atoms with Crippen molar-refractivity contribution in [1.29, 1.82) is 0 Å². The van der Waals surface area contributed by atoms with Gasteiger partial charge in [0.15, 0.2) is 0 Å². The van der Waals surface area contributed by atoms with Crippen LogP contribution in [0.25, 0.3) is 0 Å². The van der Waals surface area contributed by atoms with Crippen molar-refractivity contribution in [3.63, 3.8) is 0 Å². The third-order valence-corrected chi connectivity index (χ3v) is 5.44. The van der Waals surface area contributed by atoms with Crippen molar-refractivity contribution in [1.82, 2.24) is 20.1 Å². The Morgan fingerprint density at radius 1 is 1.42 bits per heavy atom. The highest BCUT2D eigenvalue weighted by atomic mass is 32.1. The van der Waals surface area contributed by atoms with E-state index in [1.807, 2.05) is 5.38 Å². The fraction of sp³-hybridized carbons (Fsp3) is 0.706. The van der Waals surface area contributed by atoms with E-state index in [0.717, 1.165) is 23.8 Å². The molecule has 0 aliphatic carbocycles. The highest BCUT2D eigenvalue weighted by Gasteiger charge is 2.23. The largest absolute Gasteiger partial charge is 0.480 e. The number of carboxylic acid groups (broad SMARTS) is 1. The monoisotopic (exact) mass is 384 g/mol. The van der Waals surface area contributed by atoms with Crippen LogP contribution in [0.2, 0.25) is 0 Å². The molecule has 1 unspecified atom stereocenters. The molecule has 9 heteroatoms. The smallest absolute Gasteiger partial charge is 0.326 e. The van der Waals surface area contributed by atoms with Gasteiger partial charge in [0.05, 0.1) is 30.5 Å². The van der Waals surface area contributed by atoms with Crippen LogP contribution < -0.4 is 5.32 Å². The Kier molecular flexibility index (Phi) is 7.80. The zero-order valence-corrected chi connectivity index (χ0v) is 16.4. The highest BCUT2D eigenvalue weighted by Crippen LogP contribution is 2.19. The second kappa shape index (κ2) is 9.84. The molecule has 2 rings (SSSR count). The summed E-state index contributed by atoms with van der Waals surface area (Å²) in [5, 5.41) is 15.0. The number of thiazole rings is 1. The lowest BCUT2D eigenvalue weighted by molar-refractivity contribution is -0.139. The maximum absolute atomic E-state index is 12.3. The summed E-state index contributed by atoms with van der Waals surface area (Å²) in [4.78, 5) is 31.9. The molecule has 8 nitrogen and oxygen atoms in total. The van der Waals surface area contributed by atoms with Gasteiger partial charge in [-0.05, 0) is 6.42 Å². The number of morpholine rings is 1. The lowest BCUT2D eigenvalue weighted by Crippen LogP contribution is -2.48. The second-order valence-electron chi connectivity index (χ2n) is 6.77. The average molecular weight is 385 g/mol. The first-order chi connectivity index (χ1) is 12.4. The number of carbonyl (C=O) groups excluding carboxylic acids is 1. The van der Waals surface area contributed by atoms with E-state index in [-0.39, 0.29) is 0 Å². The van der Waals surface area contributed by atoms with Gasteiger partial charge in [-0.25, -0.2) is 14.6 Å². The molecular formula is C17H28N4O4S.